The predicted molar refractivity (Wildman–Crippen MR) is 56.8 cm³/mol. The molecule has 0 amide bonds. The summed E-state index contributed by atoms with van der Waals surface area (Å²) in [6, 6.07) is 0. The molecule has 0 aliphatic carbocycles. The summed E-state index contributed by atoms with van der Waals surface area (Å²) in [7, 11) is 0. The lowest BCUT2D eigenvalue weighted by Crippen LogP contribution is -2.24. The number of ether oxygens (including phenoxy) is 2. The first kappa shape index (κ1) is 16.5. The van der Waals surface area contributed by atoms with Crippen molar-refractivity contribution in [2.75, 3.05) is 0 Å². The SMILES string of the molecule is C=CC(CC(F)F)OC(=O)OC(C=C)CC(F)F. The molecule has 0 fully saturated rings. The fourth-order valence-corrected chi connectivity index (χ4v) is 1.01. The lowest BCUT2D eigenvalue weighted by atomic mass is 10.2. The van der Waals surface area contributed by atoms with Gasteiger partial charge in [-0.15, -0.1) is 0 Å². The van der Waals surface area contributed by atoms with Gasteiger partial charge in [-0.3, -0.25) is 0 Å². The molecule has 0 saturated heterocycles. The summed E-state index contributed by atoms with van der Waals surface area (Å²) in [4.78, 5) is 11.1. The van der Waals surface area contributed by atoms with Crippen molar-refractivity contribution >= 4 is 6.16 Å². The van der Waals surface area contributed by atoms with Gasteiger partial charge >= 0.3 is 6.16 Å². The van der Waals surface area contributed by atoms with E-state index in [-0.39, 0.29) is 0 Å². The topological polar surface area (TPSA) is 35.5 Å². The third kappa shape index (κ3) is 7.70. The Morgan fingerprint density at radius 1 is 0.944 bits per heavy atom. The molecule has 3 nitrogen and oxygen atoms in total. The predicted octanol–water partition coefficient (Wildman–Crippen LogP) is 3.56. The number of carbonyl (C=O) groups is 1. The first-order chi connectivity index (χ1) is 8.38. The maximum absolute atomic E-state index is 12.0. The highest BCUT2D eigenvalue weighted by Crippen LogP contribution is 2.13. The number of carbonyl (C=O) groups excluding carboxylic acids is 1. The highest BCUT2D eigenvalue weighted by atomic mass is 19.3. The monoisotopic (exact) mass is 270 g/mol. The van der Waals surface area contributed by atoms with Crippen molar-refractivity contribution in [3.63, 3.8) is 0 Å². The zero-order valence-electron chi connectivity index (χ0n) is 9.53. The van der Waals surface area contributed by atoms with Crippen molar-refractivity contribution in [1.29, 1.82) is 0 Å². The van der Waals surface area contributed by atoms with Crippen LogP contribution in [0.1, 0.15) is 12.8 Å². The fraction of sp³-hybridized carbons (Fsp3) is 0.545. The zero-order valence-corrected chi connectivity index (χ0v) is 9.53. The Kier molecular flexibility index (Phi) is 7.82. The Morgan fingerprint density at radius 2 is 1.28 bits per heavy atom. The van der Waals surface area contributed by atoms with E-state index in [0.717, 1.165) is 12.2 Å². The molecular weight excluding hydrogens is 256 g/mol. The number of hydrogen-bond donors (Lipinski definition) is 0. The molecule has 0 N–H and O–H groups in total. The van der Waals surface area contributed by atoms with Crippen LogP contribution in [0.5, 0.6) is 0 Å². The van der Waals surface area contributed by atoms with Crippen LogP contribution < -0.4 is 0 Å². The van der Waals surface area contributed by atoms with Gasteiger partial charge in [-0.1, -0.05) is 25.3 Å². The molecule has 0 aliphatic heterocycles. The number of rotatable bonds is 8. The Balaban J connectivity index is 4.21. The molecule has 0 saturated carbocycles. The molecule has 2 atom stereocenters. The normalized spacial score (nSPS) is 14.1. The van der Waals surface area contributed by atoms with E-state index < -0.39 is 44.1 Å². The van der Waals surface area contributed by atoms with E-state index in [1.807, 2.05) is 0 Å². The summed E-state index contributed by atoms with van der Waals surface area (Å²) in [6.07, 6.45) is -8.59. The Bertz CT molecular complexity index is 255. The van der Waals surface area contributed by atoms with Crippen molar-refractivity contribution in [3.05, 3.63) is 25.3 Å². The Morgan fingerprint density at radius 3 is 1.50 bits per heavy atom. The van der Waals surface area contributed by atoms with E-state index in [0.29, 0.717) is 0 Å². The van der Waals surface area contributed by atoms with E-state index in [1.165, 1.54) is 0 Å². The van der Waals surface area contributed by atoms with Gasteiger partial charge in [0.2, 0.25) is 12.9 Å². The second kappa shape index (κ2) is 8.54. The van der Waals surface area contributed by atoms with Crippen LogP contribution >= 0.6 is 0 Å². The van der Waals surface area contributed by atoms with Crippen LogP contribution in [0.4, 0.5) is 22.4 Å². The molecule has 0 aromatic rings. The number of alkyl halides is 4. The van der Waals surface area contributed by atoms with E-state index in [9.17, 15) is 22.4 Å². The number of hydrogen-bond acceptors (Lipinski definition) is 3. The summed E-state index contributed by atoms with van der Waals surface area (Å²) in [6.45, 7) is 6.42. The van der Waals surface area contributed by atoms with Crippen molar-refractivity contribution in [3.8, 4) is 0 Å². The average Bonchev–Trinajstić information content (AvgIpc) is 2.25. The van der Waals surface area contributed by atoms with E-state index >= 15 is 0 Å². The molecule has 7 heteroatoms. The average molecular weight is 270 g/mol. The van der Waals surface area contributed by atoms with Crippen LogP contribution in [0.2, 0.25) is 0 Å². The third-order valence-corrected chi connectivity index (χ3v) is 1.84. The van der Waals surface area contributed by atoms with Gasteiger partial charge in [0.15, 0.2) is 0 Å². The van der Waals surface area contributed by atoms with Crippen molar-refractivity contribution in [2.24, 2.45) is 0 Å². The molecule has 0 aromatic heterocycles. The molecule has 104 valence electrons. The van der Waals surface area contributed by atoms with Crippen molar-refractivity contribution in [2.45, 2.75) is 37.9 Å². The third-order valence-electron chi connectivity index (χ3n) is 1.84. The Hall–Kier alpha value is -1.53. The molecular formula is C11H14F4O3. The van der Waals surface area contributed by atoms with Gasteiger partial charge in [0.05, 0.1) is 0 Å². The van der Waals surface area contributed by atoms with Crippen LogP contribution in [0.3, 0.4) is 0 Å². The van der Waals surface area contributed by atoms with Gasteiger partial charge in [-0.05, 0) is 0 Å². The van der Waals surface area contributed by atoms with Crippen molar-refractivity contribution in [1.82, 2.24) is 0 Å². The largest absolute Gasteiger partial charge is 0.509 e. The van der Waals surface area contributed by atoms with E-state index in [1.54, 1.807) is 0 Å². The minimum atomic E-state index is -2.68. The standard InChI is InChI=1S/C11H14F4O3/c1-3-7(5-9(12)13)17-11(16)18-8(4-2)6-10(14)15/h3-4,7-10H,1-2,5-6H2. The van der Waals surface area contributed by atoms with Crippen LogP contribution in [0, 0.1) is 0 Å². The maximum Gasteiger partial charge on any atom is 0.509 e. The highest BCUT2D eigenvalue weighted by Gasteiger charge is 2.21. The van der Waals surface area contributed by atoms with Crippen LogP contribution in [-0.2, 0) is 9.47 Å². The highest BCUT2D eigenvalue weighted by molar-refractivity contribution is 5.60. The second-order valence-electron chi connectivity index (χ2n) is 3.29. The lowest BCUT2D eigenvalue weighted by molar-refractivity contribution is -0.00920. The van der Waals surface area contributed by atoms with Gasteiger partial charge in [0, 0.05) is 12.8 Å². The molecule has 0 heterocycles. The van der Waals surface area contributed by atoms with E-state index in [2.05, 4.69) is 22.6 Å². The van der Waals surface area contributed by atoms with E-state index in [4.69, 9.17) is 0 Å². The van der Waals surface area contributed by atoms with Gasteiger partial charge in [-0.2, -0.15) is 0 Å². The van der Waals surface area contributed by atoms with Crippen LogP contribution in [0.25, 0.3) is 0 Å². The van der Waals surface area contributed by atoms with Crippen LogP contribution in [-0.4, -0.2) is 31.2 Å². The molecule has 0 spiro atoms. The molecule has 2 unspecified atom stereocenters. The minimum Gasteiger partial charge on any atom is -0.427 e. The summed E-state index contributed by atoms with van der Waals surface area (Å²) in [5.74, 6) is 0. The smallest absolute Gasteiger partial charge is 0.427 e. The van der Waals surface area contributed by atoms with Gasteiger partial charge in [-0.25, -0.2) is 22.4 Å². The molecule has 0 bridgehead atoms. The van der Waals surface area contributed by atoms with Gasteiger partial charge in [0.25, 0.3) is 0 Å². The molecule has 0 aliphatic rings. The van der Waals surface area contributed by atoms with Crippen molar-refractivity contribution < 1.29 is 31.8 Å². The fourth-order valence-electron chi connectivity index (χ4n) is 1.01. The molecule has 0 aromatic carbocycles. The minimum absolute atomic E-state index is 0.730. The zero-order chi connectivity index (χ0) is 14.1. The maximum atomic E-state index is 12.0. The Labute approximate surface area is 102 Å². The van der Waals surface area contributed by atoms with Gasteiger partial charge < -0.3 is 9.47 Å². The summed E-state index contributed by atoms with van der Waals surface area (Å²) in [5.41, 5.74) is 0. The molecule has 0 rings (SSSR count). The quantitative estimate of drug-likeness (QED) is 0.384. The van der Waals surface area contributed by atoms with Crippen LogP contribution in [0.15, 0.2) is 25.3 Å². The summed E-state index contributed by atoms with van der Waals surface area (Å²) < 4.78 is 57.1. The first-order valence-electron chi connectivity index (χ1n) is 5.07. The first-order valence-corrected chi connectivity index (χ1v) is 5.07. The molecule has 18 heavy (non-hydrogen) atoms. The van der Waals surface area contributed by atoms with Gasteiger partial charge in [0.1, 0.15) is 12.2 Å². The molecule has 0 radical (unpaired) electrons. The second-order valence-corrected chi connectivity index (χ2v) is 3.29. The summed E-state index contributed by atoms with van der Waals surface area (Å²) in [5, 5.41) is 0. The lowest BCUT2D eigenvalue weighted by Gasteiger charge is -2.17. The number of halogens is 4. The summed E-state index contributed by atoms with van der Waals surface area (Å²) >= 11 is 0.